The van der Waals surface area contributed by atoms with Crippen molar-refractivity contribution >= 4 is 17.3 Å². The van der Waals surface area contributed by atoms with Crippen molar-refractivity contribution in [3.05, 3.63) is 113 Å². The Balaban J connectivity index is 1.59. The predicted molar refractivity (Wildman–Crippen MR) is 139 cm³/mol. The molecule has 1 N–H and O–H groups in total. The minimum Gasteiger partial charge on any atom is -0.497 e. The summed E-state index contributed by atoms with van der Waals surface area (Å²) in [5.74, 6) is 0.847. The summed E-state index contributed by atoms with van der Waals surface area (Å²) in [6.07, 6.45) is 1.84. The van der Waals surface area contributed by atoms with Crippen molar-refractivity contribution in [2.45, 2.75) is 32.5 Å². The van der Waals surface area contributed by atoms with Crippen LogP contribution in [0.2, 0.25) is 0 Å². The number of hydrogen-bond donors (Lipinski definition) is 1. The number of thiocarbonyl (C=S) groups is 1. The van der Waals surface area contributed by atoms with Gasteiger partial charge < -0.3 is 19.5 Å². The molecule has 6 heteroatoms. The van der Waals surface area contributed by atoms with Gasteiger partial charge in [-0.2, -0.15) is 0 Å². The molecule has 2 aromatic heterocycles. The maximum atomic E-state index is 5.87. The lowest BCUT2D eigenvalue weighted by atomic mass is 9.96. The van der Waals surface area contributed by atoms with Crippen molar-refractivity contribution in [1.82, 2.24) is 19.8 Å². The van der Waals surface area contributed by atoms with E-state index in [1.165, 1.54) is 22.5 Å². The smallest absolute Gasteiger partial charge is 0.170 e. The number of para-hydroxylation sites is 1. The molecule has 0 spiro atoms. The molecule has 0 saturated carbocycles. The van der Waals surface area contributed by atoms with Crippen molar-refractivity contribution in [1.29, 1.82) is 0 Å². The summed E-state index contributed by atoms with van der Waals surface area (Å²) in [4.78, 5) is 6.97. The molecular weight excluding hydrogens is 440 g/mol. The minimum atomic E-state index is -0.0447. The molecule has 1 saturated heterocycles. The third kappa shape index (κ3) is 4.05. The lowest BCUT2D eigenvalue weighted by Crippen LogP contribution is -2.29. The van der Waals surface area contributed by atoms with Gasteiger partial charge in [0.1, 0.15) is 5.75 Å². The van der Waals surface area contributed by atoms with Gasteiger partial charge >= 0.3 is 0 Å². The monoisotopic (exact) mass is 468 g/mol. The Labute approximate surface area is 206 Å². The van der Waals surface area contributed by atoms with Gasteiger partial charge in [-0.1, -0.05) is 36.4 Å². The zero-order valence-electron chi connectivity index (χ0n) is 19.6. The Kier molecular flexibility index (Phi) is 6.07. The van der Waals surface area contributed by atoms with Gasteiger partial charge in [0.05, 0.1) is 24.9 Å². The van der Waals surface area contributed by atoms with Gasteiger partial charge in [-0.3, -0.25) is 4.98 Å². The molecule has 172 valence electrons. The fourth-order valence-corrected chi connectivity index (χ4v) is 5.21. The van der Waals surface area contributed by atoms with Crippen molar-refractivity contribution in [2.75, 3.05) is 7.11 Å². The minimum absolute atomic E-state index is 0.00756. The molecule has 0 radical (unpaired) electrons. The van der Waals surface area contributed by atoms with Gasteiger partial charge in [0.2, 0.25) is 0 Å². The van der Waals surface area contributed by atoms with Crippen LogP contribution >= 0.6 is 12.2 Å². The quantitative estimate of drug-likeness (QED) is 0.369. The summed E-state index contributed by atoms with van der Waals surface area (Å²) in [6, 6.07) is 27.0. The van der Waals surface area contributed by atoms with E-state index in [0.29, 0.717) is 6.54 Å². The summed E-state index contributed by atoms with van der Waals surface area (Å²) < 4.78 is 7.65. The fourth-order valence-electron chi connectivity index (χ4n) is 4.90. The number of benzene rings is 2. The van der Waals surface area contributed by atoms with Crippen LogP contribution in [0.3, 0.4) is 0 Å². The van der Waals surface area contributed by atoms with Gasteiger partial charge in [0.25, 0.3) is 0 Å². The highest BCUT2D eigenvalue weighted by Crippen LogP contribution is 2.42. The SMILES string of the molecule is COc1ccc(CN2C(=S)N[C@@H](c3ccccn3)[C@H]2c2cc(C)n(-c3ccccc3)c2C)cc1. The first kappa shape index (κ1) is 22.2. The molecule has 1 aliphatic rings. The Morgan fingerprint density at radius 3 is 2.38 bits per heavy atom. The number of aryl methyl sites for hydroxylation is 1. The standard InChI is InChI=1S/C28H28N4OS/c1-19-17-24(20(2)32(19)22-9-5-4-6-10-22)27-26(25-11-7-8-16-29-25)30-28(34)31(27)18-21-12-14-23(33-3)15-13-21/h4-17,26-27H,18H2,1-3H3,(H,30,34)/t26-,27+/m0/s1. The number of hydrogen-bond acceptors (Lipinski definition) is 3. The molecule has 5 nitrogen and oxygen atoms in total. The Morgan fingerprint density at radius 2 is 1.71 bits per heavy atom. The number of methoxy groups -OCH3 is 1. The van der Waals surface area contributed by atoms with Crippen LogP contribution in [0, 0.1) is 13.8 Å². The summed E-state index contributed by atoms with van der Waals surface area (Å²) in [6.45, 7) is 5.05. The number of aromatic nitrogens is 2. The van der Waals surface area contributed by atoms with E-state index in [1.54, 1.807) is 7.11 Å². The zero-order valence-corrected chi connectivity index (χ0v) is 20.4. The van der Waals surface area contributed by atoms with E-state index in [1.807, 2.05) is 36.5 Å². The highest BCUT2D eigenvalue weighted by atomic mass is 32.1. The molecule has 4 aromatic rings. The lowest BCUT2D eigenvalue weighted by molar-refractivity contribution is 0.310. The Morgan fingerprint density at radius 1 is 0.971 bits per heavy atom. The van der Waals surface area contributed by atoms with Gasteiger partial charge in [-0.15, -0.1) is 0 Å². The van der Waals surface area contributed by atoms with Gasteiger partial charge in [-0.25, -0.2) is 0 Å². The number of rotatable bonds is 6. The molecule has 5 rings (SSSR count). The van der Waals surface area contributed by atoms with Gasteiger partial charge in [-0.05, 0) is 79.7 Å². The zero-order chi connectivity index (χ0) is 23.7. The van der Waals surface area contributed by atoms with Crippen LogP contribution in [0.5, 0.6) is 5.75 Å². The van der Waals surface area contributed by atoms with Crippen molar-refractivity contribution < 1.29 is 4.74 Å². The number of nitrogens with one attached hydrogen (secondary N) is 1. The first-order chi connectivity index (χ1) is 16.6. The number of nitrogens with zero attached hydrogens (tertiary/aromatic N) is 3. The summed E-state index contributed by atoms with van der Waals surface area (Å²) in [5.41, 5.74) is 6.97. The molecular formula is C28H28N4OS. The van der Waals surface area contributed by atoms with Crippen LogP contribution in [-0.4, -0.2) is 26.7 Å². The average Bonchev–Trinajstić information content (AvgIpc) is 3.35. The maximum Gasteiger partial charge on any atom is 0.170 e. The topological polar surface area (TPSA) is 42.3 Å². The average molecular weight is 469 g/mol. The molecule has 0 aliphatic carbocycles. The van der Waals surface area contributed by atoms with Crippen LogP contribution in [0.1, 0.15) is 40.3 Å². The Bertz CT molecular complexity index is 1290. The van der Waals surface area contributed by atoms with E-state index >= 15 is 0 Å². The second kappa shape index (κ2) is 9.31. The van der Waals surface area contributed by atoms with E-state index < -0.39 is 0 Å². The van der Waals surface area contributed by atoms with Crippen LogP contribution in [-0.2, 0) is 6.54 Å². The van der Waals surface area contributed by atoms with Crippen molar-refractivity contribution in [3.63, 3.8) is 0 Å². The molecule has 0 amide bonds. The summed E-state index contributed by atoms with van der Waals surface area (Å²) >= 11 is 5.87. The Hall–Kier alpha value is -3.64. The van der Waals surface area contributed by atoms with Crippen molar-refractivity contribution in [3.8, 4) is 11.4 Å². The predicted octanol–water partition coefficient (Wildman–Crippen LogP) is 5.67. The molecule has 1 aliphatic heterocycles. The van der Waals surface area contributed by atoms with E-state index in [9.17, 15) is 0 Å². The highest BCUT2D eigenvalue weighted by Gasteiger charge is 2.41. The van der Waals surface area contributed by atoms with Gasteiger partial charge in [0.15, 0.2) is 5.11 Å². The third-order valence-corrected chi connectivity index (χ3v) is 6.87. The molecule has 0 bridgehead atoms. The molecule has 34 heavy (non-hydrogen) atoms. The van der Waals surface area contributed by atoms with E-state index in [4.69, 9.17) is 17.0 Å². The van der Waals surface area contributed by atoms with E-state index in [-0.39, 0.29) is 12.1 Å². The normalized spacial score (nSPS) is 17.6. The first-order valence-corrected chi connectivity index (χ1v) is 11.8. The fraction of sp³-hybridized carbons (Fsp3) is 0.214. The molecule has 2 aromatic carbocycles. The molecule has 3 heterocycles. The van der Waals surface area contributed by atoms with Crippen LogP contribution in [0.4, 0.5) is 0 Å². The largest absolute Gasteiger partial charge is 0.497 e. The molecule has 2 atom stereocenters. The van der Waals surface area contributed by atoms with Crippen LogP contribution in [0.15, 0.2) is 85.1 Å². The summed E-state index contributed by atoms with van der Waals surface area (Å²) in [7, 11) is 1.69. The number of ether oxygens (including phenoxy) is 1. The van der Waals surface area contributed by atoms with E-state index in [0.717, 1.165) is 22.2 Å². The maximum absolute atomic E-state index is 5.87. The second-order valence-electron chi connectivity index (χ2n) is 8.60. The van der Waals surface area contributed by atoms with Crippen LogP contribution < -0.4 is 10.1 Å². The van der Waals surface area contributed by atoms with Crippen LogP contribution in [0.25, 0.3) is 5.69 Å². The molecule has 0 unspecified atom stereocenters. The second-order valence-corrected chi connectivity index (χ2v) is 8.99. The highest BCUT2D eigenvalue weighted by molar-refractivity contribution is 7.80. The lowest BCUT2D eigenvalue weighted by Gasteiger charge is -2.28. The first-order valence-electron chi connectivity index (χ1n) is 11.4. The summed E-state index contributed by atoms with van der Waals surface area (Å²) in [5, 5.41) is 4.31. The number of pyridine rings is 1. The third-order valence-electron chi connectivity index (χ3n) is 6.51. The van der Waals surface area contributed by atoms with E-state index in [2.05, 4.69) is 82.1 Å². The molecule has 1 fully saturated rings. The van der Waals surface area contributed by atoms with Gasteiger partial charge in [0, 0.05) is 29.8 Å². The van der Waals surface area contributed by atoms with Crippen molar-refractivity contribution in [2.24, 2.45) is 0 Å².